The lowest BCUT2D eigenvalue weighted by molar-refractivity contribution is -0.870. The Kier molecular flexibility index (Phi) is 35.2. The fraction of sp³-hybridized carbons (Fsp3) is 0.773. The van der Waals surface area contributed by atoms with Crippen molar-refractivity contribution in [1.29, 1.82) is 0 Å². The maximum absolute atomic E-state index is 12.7. The standard InChI is InChI=1S/C44H80NO8P/c1-6-8-10-12-14-16-18-20-22-24-26-28-30-32-34-36-43(46)50-40-42(41-52-54(48,49)51-39-38-45(3,4)5)53-44(47)37-35-33-31-29-27-25-23-21-19-17-15-13-11-9-7-2/h8,10,14,16-17,19-20,22,42H,6-7,9,11-13,15,18,21,23-41H2,1-5H3/p+1/b10-8+,16-14+,19-17+,22-20+/t42-/m1/s1. The van der Waals surface area contributed by atoms with E-state index in [0.29, 0.717) is 17.4 Å². The number of rotatable bonds is 38. The molecule has 0 saturated heterocycles. The van der Waals surface area contributed by atoms with Crippen LogP contribution in [-0.2, 0) is 32.7 Å². The summed E-state index contributed by atoms with van der Waals surface area (Å²) in [5.41, 5.74) is 0. The highest BCUT2D eigenvalue weighted by atomic mass is 31.2. The highest BCUT2D eigenvalue weighted by Gasteiger charge is 2.27. The molecule has 0 aromatic heterocycles. The smallest absolute Gasteiger partial charge is 0.462 e. The molecule has 0 radical (unpaired) electrons. The summed E-state index contributed by atoms with van der Waals surface area (Å²) in [7, 11) is 1.46. The molecular formula is C44H81NO8P+. The topological polar surface area (TPSA) is 108 Å². The SMILES string of the molecule is CC/C=C/C/C=C/C/C=C/CCCCCCCC(=O)OC[C@H](COP(=O)(O)OCC[N+](C)(C)C)OC(=O)CCCCCCCCC/C=C/CCCCCC. The second kappa shape index (κ2) is 36.6. The second-order valence-electron chi connectivity index (χ2n) is 15.3. The molecule has 1 unspecified atom stereocenters. The van der Waals surface area contributed by atoms with Crippen molar-refractivity contribution < 1.29 is 42.1 Å². The van der Waals surface area contributed by atoms with E-state index in [1.807, 2.05) is 21.1 Å². The lowest BCUT2D eigenvalue weighted by Crippen LogP contribution is -2.37. The molecule has 0 saturated carbocycles. The summed E-state index contributed by atoms with van der Waals surface area (Å²) in [5, 5.41) is 0. The maximum Gasteiger partial charge on any atom is 0.472 e. The Balaban J connectivity index is 4.41. The first-order chi connectivity index (χ1) is 26.0. The van der Waals surface area contributed by atoms with Crippen LogP contribution in [0, 0.1) is 0 Å². The van der Waals surface area contributed by atoms with Crippen molar-refractivity contribution in [3.05, 3.63) is 48.6 Å². The summed E-state index contributed by atoms with van der Waals surface area (Å²) in [4.78, 5) is 35.3. The van der Waals surface area contributed by atoms with E-state index in [2.05, 4.69) is 62.5 Å². The van der Waals surface area contributed by atoms with Gasteiger partial charge < -0.3 is 18.9 Å². The van der Waals surface area contributed by atoms with Gasteiger partial charge in [-0.25, -0.2) is 4.57 Å². The molecule has 0 fully saturated rings. The number of ether oxygens (including phenoxy) is 2. The van der Waals surface area contributed by atoms with Crippen LogP contribution in [0.4, 0.5) is 0 Å². The van der Waals surface area contributed by atoms with Crippen LogP contribution in [-0.4, -0.2) is 74.9 Å². The minimum absolute atomic E-state index is 0.0265. The molecule has 0 aromatic rings. The third-order valence-corrected chi connectivity index (χ3v) is 9.83. The van der Waals surface area contributed by atoms with Gasteiger partial charge in [-0.2, -0.15) is 0 Å². The second-order valence-corrected chi connectivity index (χ2v) is 16.8. The zero-order valence-electron chi connectivity index (χ0n) is 35.2. The largest absolute Gasteiger partial charge is 0.472 e. The van der Waals surface area contributed by atoms with E-state index in [9.17, 15) is 19.0 Å². The van der Waals surface area contributed by atoms with Crippen LogP contribution >= 0.6 is 7.82 Å². The fourth-order valence-corrected chi connectivity index (χ4v) is 6.23. The van der Waals surface area contributed by atoms with Gasteiger partial charge in [-0.1, -0.05) is 133 Å². The van der Waals surface area contributed by atoms with Crippen LogP contribution < -0.4 is 0 Å². The van der Waals surface area contributed by atoms with Gasteiger partial charge in [0.25, 0.3) is 0 Å². The first-order valence-electron chi connectivity index (χ1n) is 21.4. The molecule has 0 rings (SSSR count). The molecule has 0 aliphatic carbocycles. The Hall–Kier alpha value is -2.03. The summed E-state index contributed by atoms with van der Waals surface area (Å²) < 4.78 is 34.3. The molecular weight excluding hydrogens is 701 g/mol. The van der Waals surface area contributed by atoms with E-state index in [1.165, 1.54) is 51.4 Å². The summed E-state index contributed by atoms with van der Waals surface area (Å²) in [5.74, 6) is -0.826. The van der Waals surface area contributed by atoms with Gasteiger partial charge in [0, 0.05) is 12.8 Å². The summed E-state index contributed by atoms with van der Waals surface area (Å²) in [6.07, 6.45) is 41.5. The number of likely N-dealkylation sites (N-methyl/N-ethyl adjacent to an activating group) is 1. The van der Waals surface area contributed by atoms with E-state index >= 15 is 0 Å². The molecule has 2 atom stereocenters. The van der Waals surface area contributed by atoms with Crippen LogP contribution in [0.5, 0.6) is 0 Å². The van der Waals surface area contributed by atoms with Gasteiger partial charge in [0.2, 0.25) is 0 Å². The number of hydrogen-bond donors (Lipinski definition) is 1. The van der Waals surface area contributed by atoms with Gasteiger partial charge in [0.1, 0.15) is 19.8 Å². The van der Waals surface area contributed by atoms with Crippen LogP contribution in [0.15, 0.2) is 48.6 Å². The molecule has 0 amide bonds. The molecule has 0 aliphatic rings. The molecule has 9 nitrogen and oxygen atoms in total. The molecule has 0 heterocycles. The molecule has 0 aromatic carbocycles. The lowest BCUT2D eigenvalue weighted by Gasteiger charge is -2.24. The Bertz CT molecular complexity index is 1070. The average molecular weight is 783 g/mol. The Morgan fingerprint density at radius 2 is 1.06 bits per heavy atom. The number of unbranched alkanes of at least 4 members (excludes halogenated alkanes) is 16. The Labute approximate surface area is 331 Å². The predicted molar refractivity (Wildman–Crippen MR) is 224 cm³/mol. The van der Waals surface area contributed by atoms with Crippen molar-refractivity contribution in [2.24, 2.45) is 0 Å². The summed E-state index contributed by atoms with van der Waals surface area (Å²) >= 11 is 0. The van der Waals surface area contributed by atoms with Crippen molar-refractivity contribution in [3.8, 4) is 0 Å². The maximum atomic E-state index is 12.7. The number of quaternary nitrogens is 1. The Morgan fingerprint density at radius 3 is 1.59 bits per heavy atom. The Morgan fingerprint density at radius 1 is 0.593 bits per heavy atom. The monoisotopic (exact) mass is 783 g/mol. The third kappa shape index (κ3) is 39.7. The van der Waals surface area contributed by atoms with Crippen molar-refractivity contribution in [2.45, 2.75) is 174 Å². The van der Waals surface area contributed by atoms with Crippen LogP contribution in [0.1, 0.15) is 168 Å². The molecule has 0 bridgehead atoms. The number of nitrogens with zero attached hydrogens (tertiary/aromatic N) is 1. The number of phosphoric acid groups is 1. The predicted octanol–water partition coefficient (Wildman–Crippen LogP) is 11.9. The normalized spacial score (nSPS) is 14.1. The lowest BCUT2D eigenvalue weighted by atomic mass is 10.1. The van der Waals surface area contributed by atoms with E-state index in [0.717, 1.165) is 83.5 Å². The van der Waals surface area contributed by atoms with Gasteiger partial charge in [0.15, 0.2) is 6.10 Å². The fourth-order valence-electron chi connectivity index (χ4n) is 5.49. The van der Waals surface area contributed by atoms with E-state index in [4.69, 9.17) is 18.5 Å². The zero-order chi connectivity index (χ0) is 40.0. The number of carbonyl (C=O) groups excluding carboxylic acids is 2. The third-order valence-electron chi connectivity index (χ3n) is 8.84. The van der Waals surface area contributed by atoms with E-state index in [-0.39, 0.29) is 32.0 Å². The quantitative estimate of drug-likeness (QED) is 0.0217. The van der Waals surface area contributed by atoms with Crippen LogP contribution in [0.2, 0.25) is 0 Å². The van der Waals surface area contributed by atoms with E-state index in [1.54, 1.807) is 0 Å². The minimum atomic E-state index is -4.38. The number of carbonyl (C=O) groups is 2. The van der Waals surface area contributed by atoms with Crippen molar-refractivity contribution in [2.75, 3.05) is 47.5 Å². The molecule has 1 N–H and O–H groups in total. The zero-order valence-corrected chi connectivity index (χ0v) is 36.1. The molecule has 10 heteroatoms. The van der Waals surface area contributed by atoms with Crippen molar-refractivity contribution in [3.63, 3.8) is 0 Å². The molecule has 54 heavy (non-hydrogen) atoms. The number of esters is 2. The van der Waals surface area contributed by atoms with Gasteiger partial charge in [0.05, 0.1) is 27.7 Å². The average Bonchev–Trinajstić information content (AvgIpc) is 3.12. The first-order valence-corrected chi connectivity index (χ1v) is 22.9. The molecule has 314 valence electrons. The van der Waals surface area contributed by atoms with Crippen LogP contribution in [0.25, 0.3) is 0 Å². The number of phosphoric ester groups is 1. The van der Waals surface area contributed by atoms with E-state index < -0.39 is 26.5 Å². The highest BCUT2D eigenvalue weighted by molar-refractivity contribution is 7.47. The van der Waals surface area contributed by atoms with Gasteiger partial charge >= 0.3 is 19.8 Å². The molecule has 0 spiro atoms. The van der Waals surface area contributed by atoms with Crippen LogP contribution in [0.3, 0.4) is 0 Å². The molecule has 0 aliphatic heterocycles. The minimum Gasteiger partial charge on any atom is -0.462 e. The summed E-state index contributed by atoms with van der Waals surface area (Å²) in [6.45, 7) is 4.26. The van der Waals surface area contributed by atoms with Crippen molar-refractivity contribution >= 4 is 19.8 Å². The summed E-state index contributed by atoms with van der Waals surface area (Å²) in [6, 6.07) is 0. The van der Waals surface area contributed by atoms with Gasteiger partial charge in [-0.15, -0.1) is 0 Å². The first kappa shape index (κ1) is 52.0. The number of allylic oxidation sites excluding steroid dienone is 8. The highest BCUT2D eigenvalue weighted by Crippen LogP contribution is 2.43. The van der Waals surface area contributed by atoms with Crippen molar-refractivity contribution in [1.82, 2.24) is 0 Å². The van der Waals surface area contributed by atoms with Gasteiger partial charge in [-0.3, -0.25) is 18.6 Å². The number of hydrogen-bond acceptors (Lipinski definition) is 7. The van der Waals surface area contributed by atoms with Gasteiger partial charge in [-0.05, 0) is 70.6 Å².